The third-order valence-corrected chi connectivity index (χ3v) is 7.20. The molecule has 1 aromatic heterocycles. The lowest BCUT2D eigenvalue weighted by Crippen LogP contribution is -2.47. The molecule has 0 saturated heterocycles. The van der Waals surface area contributed by atoms with Crippen molar-refractivity contribution >= 4 is 44.5 Å². The quantitative estimate of drug-likeness (QED) is 0.402. The summed E-state index contributed by atoms with van der Waals surface area (Å²) in [6.45, 7) is 9.83. The van der Waals surface area contributed by atoms with Crippen LogP contribution in [0.3, 0.4) is 0 Å². The highest BCUT2D eigenvalue weighted by molar-refractivity contribution is 7.80. The number of hydrogen-bond acceptors (Lipinski definition) is 4. The zero-order chi connectivity index (χ0) is 15.4. The Hall–Kier alpha value is -1.30. The van der Waals surface area contributed by atoms with Crippen LogP contribution in [0.25, 0.3) is 11.1 Å². The molecule has 2 aromatic rings. The number of hydrogen-bond donors (Lipinski definition) is 0. The van der Waals surface area contributed by atoms with Gasteiger partial charge in [-0.05, 0) is 32.4 Å². The van der Waals surface area contributed by atoms with Crippen molar-refractivity contribution in [2.24, 2.45) is 0 Å². The summed E-state index contributed by atoms with van der Waals surface area (Å²) in [4.78, 5) is 15.5. The number of fused-ring (bicyclic) bond motifs is 3. The SMILES string of the molecule is C=CC(=O)N1c2c(C)cccc2-c2c(ssc2=S)C1(C)C. The van der Waals surface area contributed by atoms with Crippen LogP contribution >= 0.6 is 32.9 Å². The Morgan fingerprint density at radius 2 is 2.10 bits per heavy atom. The molecule has 0 fully saturated rings. The first-order valence-corrected chi connectivity index (χ1v) is 9.15. The highest BCUT2D eigenvalue weighted by Crippen LogP contribution is 2.52. The van der Waals surface area contributed by atoms with Crippen LogP contribution in [0, 0.1) is 10.7 Å². The number of anilines is 1. The predicted octanol–water partition coefficient (Wildman–Crippen LogP) is 5.28. The van der Waals surface area contributed by atoms with Gasteiger partial charge in [0.1, 0.15) is 3.82 Å². The van der Waals surface area contributed by atoms with Crippen molar-refractivity contribution < 1.29 is 4.79 Å². The van der Waals surface area contributed by atoms with Gasteiger partial charge in [0.15, 0.2) is 0 Å². The lowest BCUT2D eigenvalue weighted by atomic mass is 9.86. The van der Waals surface area contributed by atoms with Gasteiger partial charge in [-0.3, -0.25) is 9.69 Å². The Morgan fingerprint density at radius 1 is 1.38 bits per heavy atom. The summed E-state index contributed by atoms with van der Waals surface area (Å²) in [5.41, 5.74) is 3.79. The van der Waals surface area contributed by atoms with E-state index in [1.807, 2.05) is 24.0 Å². The number of carbonyl (C=O) groups is 1. The van der Waals surface area contributed by atoms with E-state index >= 15 is 0 Å². The van der Waals surface area contributed by atoms with E-state index in [1.54, 1.807) is 20.7 Å². The summed E-state index contributed by atoms with van der Waals surface area (Å²) in [7, 11) is 3.28. The number of amides is 1. The Kier molecular flexibility index (Phi) is 3.39. The minimum atomic E-state index is -0.419. The fourth-order valence-corrected chi connectivity index (χ4v) is 6.19. The van der Waals surface area contributed by atoms with Crippen LogP contribution in [-0.2, 0) is 10.3 Å². The van der Waals surface area contributed by atoms with Gasteiger partial charge in [-0.2, -0.15) is 0 Å². The van der Waals surface area contributed by atoms with Gasteiger partial charge in [-0.15, -0.1) is 0 Å². The van der Waals surface area contributed by atoms with Crippen molar-refractivity contribution in [3.63, 3.8) is 0 Å². The van der Waals surface area contributed by atoms with Crippen LogP contribution in [0.5, 0.6) is 0 Å². The largest absolute Gasteiger partial charge is 0.297 e. The molecule has 0 N–H and O–H groups in total. The van der Waals surface area contributed by atoms with Gasteiger partial charge in [-0.25, -0.2) is 0 Å². The van der Waals surface area contributed by atoms with Crippen molar-refractivity contribution in [2.45, 2.75) is 26.3 Å². The predicted molar refractivity (Wildman–Crippen MR) is 93.9 cm³/mol. The summed E-state index contributed by atoms with van der Waals surface area (Å²) in [5.74, 6) is -0.0782. The van der Waals surface area contributed by atoms with Crippen molar-refractivity contribution in [1.29, 1.82) is 0 Å². The van der Waals surface area contributed by atoms with E-state index in [0.717, 1.165) is 31.1 Å². The molecule has 0 atom stereocenters. The zero-order valence-corrected chi connectivity index (χ0v) is 14.5. The van der Waals surface area contributed by atoms with Crippen LogP contribution in [0.4, 0.5) is 5.69 Å². The minimum Gasteiger partial charge on any atom is -0.297 e. The van der Waals surface area contributed by atoms with E-state index < -0.39 is 5.54 Å². The molecule has 0 radical (unpaired) electrons. The molecule has 1 aromatic carbocycles. The van der Waals surface area contributed by atoms with Gasteiger partial charge < -0.3 is 0 Å². The second-order valence-corrected chi connectivity index (χ2v) is 8.38. The first-order valence-electron chi connectivity index (χ1n) is 6.59. The molecule has 3 rings (SSSR count). The van der Waals surface area contributed by atoms with Gasteiger partial charge in [0, 0.05) is 11.1 Å². The van der Waals surface area contributed by atoms with Crippen molar-refractivity contribution in [3.8, 4) is 11.1 Å². The third kappa shape index (κ3) is 1.95. The molecule has 0 aliphatic carbocycles. The number of benzene rings is 1. The average Bonchev–Trinajstić information content (AvgIpc) is 2.83. The molecule has 0 saturated carbocycles. The minimum absolute atomic E-state index is 0.0782. The van der Waals surface area contributed by atoms with E-state index in [2.05, 4.69) is 26.5 Å². The number of carbonyl (C=O) groups excluding carboxylic acids is 1. The molecule has 1 amide bonds. The van der Waals surface area contributed by atoms with Gasteiger partial charge in [0.25, 0.3) is 5.91 Å². The fraction of sp³-hybridized carbons (Fsp3) is 0.250. The molecule has 21 heavy (non-hydrogen) atoms. The van der Waals surface area contributed by atoms with Gasteiger partial charge in [0.2, 0.25) is 0 Å². The van der Waals surface area contributed by atoms with Crippen LogP contribution in [0.1, 0.15) is 24.3 Å². The van der Waals surface area contributed by atoms with Crippen LogP contribution in [0.15, 0.2) is 30.9 Å². The van der Waals surface area contributed by atoms with E-state index in [-0.39, 0.29) is 5.91 Å². The molecule has 2 nitrogen and oxygen atoms in total. The number of rotatable bonds is 1. The van der Waals surface area contributed by atoms with Gasteiger partial charge in [-0.1, -0.05) is 57.7 Å². The monoisotopic (exact) mass is 333 g/mol. The Balaban J connectivity index is 2.45. The Morgan fingerprint density at radius 3 is 2.76 bits per heavy atom. The highest BCUT2D eigenvalue weighted by Gasteiger charge is 2.42. The number of aryl methyl sites for hydroxylation is 1. The smallest absolute Gasteiger partial charge is 0.251 e. The molecule has 1 aliphatic rings. The second kappa shape index (κ2) is 4.87. The molecule has 5 heteroatoms. The zero-order valence-electron chi connectivity index (χ0n) is 12.1. The van der Waals surface area contributed by atoms with E-state index in [1.165, 1.54) is 6.08 Å². The van der Waals surface area contributed by atoms with Crippen molar-refractivity contribution in [3.05, 3.63) is 45.1 Å². The topological polar surface area (TPSA) is 20.3 Å². The summed E-state index contributed by atoms with van der Waals surface area (Å²) in [6.07, 6.45) is 1.38. The molecular formula is C16H15NOS3. The first-order chi connectivity index (χ1) is 9.89. The van der Waals surface area contributed by atoms with Crippen LogP contribution in [0.2, 0.25) is 0 Å². The molecule has 108 valence electrons. The van der Waals surface area contributed by atoms with Gasteiger partial charge >= 0.3 is 0 Å². The Labute approximate surface area is 136 Å². The molecule has 0 unspecified atom stereocenters. The Bertz CT molecular complexity index is 813. The van der Waals surface area contributed by atoms with Crippen molar-refractivity contribution in [1.82, 2.24) is 0 Å². The maximum absolute atomic E-state index is 12.5. The van der Waals surface area contributed by atoms with E-state index in [4.69, 9.17) is 12.2 Å². The summed E-state index contributed by atoms with van der Waals surface area (Å²) in [5, 5.41) is 0. The van der Waals surface area contributed by atoms with E-state index in [0.29, 0.717) is 0 Å². The average molecular weight is 334 g/mol. The summed E-state index contributed by atoms with van der Waals surface area (Å²) in [6, 6.07) is 6.10. The van der Waals surface area contributed by atoms with E-state index in [9.17, 15) is 4.79 Å². The maximum atomic E-state index is 12.5. The van der Waals surface area contributed by atoms with Crippen molar-refractivity contribution in [2.75, 3.05) is 4.90 Å². The normalized spacial score (nSPS) is 15.3. The first kappa shape index (κ1) is 14.6. The van der Waals surface area contributed by atoms with Crippen LogP contribution < -0.4 is 4.90 Å². The summed E-state index contributed by atoms with van der Waals surface area (Å²) < 4.78 is 0.903. The van der Waals surface area contributed by atoms with Crippen LogP contribution in [-0.4, -0.2) is 5.91 Å². The lowest BCUT2D eigenvalue weighted by Gasteiger charge is -2.43. The highest BCUT2D eigenvalue weighted by atomic mass is 32.9. The lowest BCUT2D eigenvalue weighted by molar-refractivity contribution is -0.115. The number of para-hydroxylation sites is 1. The second-order valence-electron chi connectivity index (χ2n) is 5.57. The molecule has 0 bridgehead atoms. The summed E-state index contributed by atoms with van der Waals surface area (Å²) >= 11 is 5.53. The molecule has 1 aliphatic heterocycles. The standard InChI is InChI=1S/C16H15NOS3/c1-5-11(18)17-13-9(2)7-6-8-10(13)12-14(16(17,3)4)20-21-15(12)19/h5-8H,1H2,2-4H3. The molecule has 2 heterocycles. The maximum Gasteiger partial charge on any atom is 0.251 e. The number of nitrogens with zero attached hydrogens (tertiary/aromatic N) is 1. The fourth-order valence-electron chi connectivity index (χ4n) is 2.91. The molecular weight excluding hydrogens is 318 g/mol. The molecule has 0 spiro atoms. The van der Waals surface area contributed by atoms with Gasteiger partial charge in [0.05, 0.1) is 16.1 Å². The third-order valence-electron chi connectivity index (χ3n) is 3.87.